The van der Waals surface area contributed by atoms with Gasteiger partial charge in [-0.3, -0.25) is 9.59 Å². The van der Waals surface area contributed by atoms with Gasteiger partial charge in [0.05, 0.1) is 11.6 Å². The zero-order valence-electron chi connectivity index (χ0n) is 15.8. The van der Waals surface area contributed by atoms with Crippen LogP contribution < -0.4 is 10.2 Å². The number of aromatic nitrogens is 2. The maximum Gasteiger partial charge on any atom is 0.227 e. The van der Waals surface area contributed by atoms with Gasteiger partial charge < -0.3 is 10.2 Å². The minimum Gasteiger partial charge on any atom is -0.355 e. The summed E-state index contributed by atoms with van der Waals surface area (Å²) in [5.74, 6) is -0.485. The molecule has 148 valence electrons. The molecule has 1 saturated heterocycles. The summed E-state index contributed by atoms with van der Waals surface area (Å²) >= 11 is 6.01. The van der Waals surface area contributed by atoms with E-state index in [1.165, 1.54) is 0 Å². The maximum atomic E-state index is 12.5. The molecule has 29 heavy (non-hydrogen) atoms. The second-order valence-corrected chi connectivity index (χ2v) is 7.48. The molecule has 2 heterocycles. The van der Waals surface area contributed by atoms with Gasteiger partial charge in [-0.15, -0.1) is 0 Å². The highest BCUT2D eigenvalue weighted by Crippen LogP contribution is 2.27. The third kappa shape index (κ3) is 4.49. The molecule has 0 radical (unpaired) electrons. The van der Waals surface area contributed by atoms with Crippen molar-refractivity contribution >= 4 is 29.1 Å². The quantitative estimate of drug-likeness (QED) is 0.680. The summed E-state index contributed by atoms with van der Waals surface area (Å²) in [6, 6.07) is 17.1. The van der Waals surface area contributed by atoms with Crippen LogP contribution >= 0.6 is 11.6 Å². The third-order valence-electron chi connectivity index (χ3n) is 5.03. The number of halogens is 1. The van der Waals surface area contributed by atoms with E-state index in [4.69, 9.17) is 11.6 Å². The highest BCUT2D eigenvalue weighted by atomic mass is 35.5. The molecule has 1 aliphatic heterocycles. The molecular weight excluding hydrogens is 388 g/mol. The molecule has 7 heteroatoms. The molecule has 1 unspecified atom stereocenters. The highest BCUT2D eigenvalue weighted by Gasteiger charge is 2.34. The molecule has 2 amide bonds. The van der Waals surface area contributed by atoms with Gasteiger partial charge >= 0.3 is 0 Å². The van der Waals surface area contributed by atoms with Gasteiger partial charge in [-0.1, -0.05) is 29.8 Å². The molecule has 2 aromatic carbocycles. The molecule has 1 aromatic heterocycles. The van der Waals surface area contributed by atoms with Crippen molar-refractivity contribution in [1.82, 2.24) is 15.1 Å². The van der Waals surface area contributed by atoms with Gasteiger partial charge in [0.25, 0.3) is 0 Å². The van der Waals surface area contributed by atoms with Crippen LogP contribution in [0.4, 0.5) is 5.69 Å². The summed E-state index contributed by atoms with van der Waals surface area (Å²) in [5, 5.41) is 7.73. The molecule has 1 N–H and O–H groups in total. The lowest BCUT2D eigenvalue weighted by molar-refractivity contribution is -0.126. The summed E-state index contributed by atoms with van der Waals surface area (Å²) in [5.41, 5.74) is 2.85. The normalized spacial score (nSPS) is 16.2. The van der Waals surface area contributed by atoms with E-state index in [0.717, 1.165) is 23.4 Å². The lowest BCUT2D eigenvalue weighted by atomic mass is 10.1. The molecule has 1 aliphatic rings. The van der Waals surface area contributed by atoms with Crippen LogP contribution in [-0.2, 0) is 16.0 Å². The number of benzene rings is 2. The van der Waals surface area contributed by atoms with Crippen molar-refractivity contribution in [3.63, 3.8) is 0 Å². The Labute approximate surface area is 174 Å². The second-order valence-electron chi connectivity index (χ2n) is 7.04. The summed E-state index contributed by atoms with van der Waals surface area (Å²) in [6.07, 6.45) is 4.58. The van der Waals surface area contributed by atoms with Crippen molar-refractivity contribution in [2.24, 2.45) is 5.92 Å². The number of carbonyl (C=O) groups excluding carboxylic acids is 2. The standard InChI is InChI=1S/C22H21ClN4O2/c23-18-3-1-4-20(14-18)26-15-17(13-21(26)28)22(29)24-11-9-16-5-7-19(8-6-16)27-12-2-10-25-27/h1-8,10,12,14,17H,9,11,13,15H2,(H,24,29). The van der Waals surface area contributed by atoms with E-state index < -0.39 is 0 Å². The minimum absolute atomic E-state index is 0.0540. The van der Waals surface area contributed by atoms with Crippen LogP contribution in [0.15, 0.2) is 67.0 Å². The van der Waals surface area contributed by atoms with Gasteiger partial charge in [0.2, 0.25) is 11.8 Å². The van der Waals surface area contributed by atoms with Crippen LogP contribution in [0.2, 0.25) is 5.02 Å². The molecule has 0 spiro atoms. The third-order valence-corrected chi connectivity index (χ3v) is 5.27. The van der Waals surface area contributed by atoms with Gasteiger partial charge in [-0.2, -0.15) is 5.10 Å². The molecule has 0 saturated carbocycles. The summed E-state index contributed by atoms with van der Waals surface area (Å²) in [4.78, 5) is 26.5. The molecule has 0 aliphatic carbocycles. The van der Waals surface area contributed by atoms with Crippen molar-refractivity contribution in [2.75, 3.05) is 18.0 Å². The van der Waals surface area contributed by atoms with Crippen LogP contribution in [0.25, 0.3) is 5.69 Å². The van der Waals surface area contributed by atoms with Gasteiger partial charge in [0.15, 0.2) is 0 Å². The smallest absolute Gasteiger partial charge is 0.227 e. The topological polar surface area (TPSA) is 67.2 Å². The Morgan fingerprint density at radius 1 is 1.14 bits per heavy atom. The largest absolute Gasteiger partial charge is 0.355 e. The zero-order valence-corrected chi connectivity index (χ0v) is 16.5. The van der Waals surface area contributed by atoms with Crippen LogP contribution in [0.1, 0.15) is 12.0 Å². The van der Waals surface area contributed by atoms with E-state index in [0.29, 0.717) is 18.1 Å². The van der Waals surface area contributed by atoms with Crippen LogP contribution in [-0.4, -0.2) is 34.7 Å². The zero-order chi connectivity index (χ0) is 20.2. The van der Waals surface area contributed by atoms with E-state index >= 15 is 0 Å². The molecular formula is C22H21ClN4O2. The predicted molar refractivity (Wildman–Crippen MR) is 112 cm³/mol. The van der Waals surface area contributed by atoms with Crippen LogP contribution in [0, 0.1) is 5.92 Å². The molecule has 4 rings (SSSR count). The van der Waals surface area contributed by atoms with Crippen LogP contribution in [0.5, 0.6) is 0 Å². The Morgan fingerprint density at radius 2 is 1.97 bits per heavy atom. The number of carbonyl (C=O) groups is 2. The molecule has 6 nitrogen and oxygen atoms in total. The Kier molecular flexibility index (Phi) is 5.62. The first-order chi connectivity index (χ1) is 14.1. The maximum absolute atomic E-state index is 12.5. The lowest BCUT2D eigenvalue weighted by Gasteiger charge is -2.17. The number of amides is 2. The number of anilines is 1. The van der Waals surface area contributed by atoms with E-state index in [-0.39, 0.29) is 24.2 Å². The van der Waals surface area contributed by atoms with E-state index in [1.807, 2.05) is 42.6 Å². The molecule has 1 fully saturated rings. The molecule has 1 atom stereocenters. The number of hydrogen-bond acceptors (Lipinski definition) is 3. The Balaban J connectivity index is 1.28. The average Bonchev–Trinajstić information content (AvgIpc) is 3.38. The van der Waals surface area contributed by atoms with E-state index in [9.17, 15) is 9.59 Å². The number of nitrogens with zero attached hydrogens (tertiary/aromatic N) is 3. The van der Waals surface area contributed by atoms with E-state index in [2.05, 4.69) is 10.4 Å². The molecule has 0 bridgehead atoms. The van der Waals surface area contributed by atoms with E-state index in [1.54, 1.807) is 34.0 Å². The minimum atomic E-state index is -0.344. The van der Waals surface area contributed by atoms with Gasteiger partial charge in [0.1, 0.15) is 0 Å². The van der Waals surface area contributed by atoms with Crippen molar-refractivity contribution < 1.29 is 9.59 Å². The first-order valence-electron chi connectivity index (χ1n) is 9.53. The van der Waals surface area contributed by atoms with Crippen molar-refractivity contribution in [3.05, 3.63) is 77.6 Å². The average molecular weight is 409 g/mol. The first kappa shape index (κ1) is 19.2. The lowest BCUT2D eigenvalue weighted by Crippen LogP contribution is -2.34. The Hall–Kier alpha value is -3.12. The fourth-order valence-electron chi connectivity index (χ4n) is 3.49. The second kappa shape index (κ2) is 8.49. The van der Waals surface area contributed by atoms with Gasteiger partial charge in [-0.05, 0) is 48.4 Å². The van der Waals surface area contributed by atoms with Gasteiger partial charge in [0, 0.05) is 42.6 Å². The van der Waals surface area contributed by atoms with Crippen molar-refractivity contribution in [3.8, 4) is 5.69 Å². The Bertz CT molecular complexity index is 1000. The summed E-state index contributed by atoms with van der Waals surface area (Å²) < 4.78 is 1.80. The number of rotatable bonds is 6. The Morgan fingerprint density at radius 3 is 2.69 bits per heavy atom. The highest BCUT2D eigenvalue weighted by molar-refractivity contribution is 6.31. The number of nitrogens with one attached hydrogen (secondary N) is 1. The summed E-state index contributed by atoms with van der Waals surface area (Å²) in [6.45, 7) is 0.908. The van der Waals surface area contributed by atoms with Gasteiger partial charge in [-0.25, -0.2) is 4.68 Å². The summed E-state index contributed by atoms with van der Waals surface area (Å²) in [7, 11) is 0. The predicted octanol–water partition coefficient (Wildman–Crippen LogP) is 3.24. The fraction of sp³-hybridized carbons (Fsp3) is 0.227. The monoisotopic (exact) mass is 408 g/mol. The van der Waals surface area contributed by atoms with Crippen molar-refractivity contribution in [2.45, 2.75) is 12.8 Å². The number of hydrogen-bond donors (Lipinski definition) is 1. The molecule has 3 aromatic rings. The first-order valence-corrected chi connectivity index (χ1v) is 9.90. The fourth-order valence-corrected chi connectivity index (χ4v) is 3.67. The SMILES string of the molecule is O=C(NCCc1ccc(-n2cccn2)cc1)C1CC(=O)N(c2cccc(Cl)c2)C1. The van der Waals surface area contributed by atoms with Crippen molar-refractivity contribution in [1.29, 1.82) is 0 Å². The van der Waals surface area contributed by atoms with Crippen LogP contribution in [0.3, 0.4) is 0 Å².